The van der Waals surface area contributed by atoms with Gasteiger partial charge in [0, 0.05) is 50.7 Å². The van der Waals surface area contributed by atoms with Gasteiger partial charge in [-0.15, -0.1) is 0 Å². The van der Waals surface area contributed by atoms with Crippen molar-refractivity contribution < 1.29 is 4.74 Å². The fraction of sp³-hybridized carbons (Fsp3) is 0.750. The molecule has 5 nitrogen and oxygen atoms in total. The van der Waals surface area contributed by atoms with Gasteiger partial charge in [0.05, 0.1) is 6.10 Å². The number of hydrogen-bond acceptors (Lipinski definition) is 6. The van der Waals surface area contributed by atoms with Gasteiger partial charge in [-0.25, -0.2) is 9.97 Å². The van der Waals surface area contributed by atoms with Crippen molar-refractivity contribution in [3.8, 4) is 0 Å². The van der Waals surface area contributed by atoms with Gasteiger partial charge < -0.3 is 9.64 Å². The number of hydrogen-bond donors (Lipinski definition) is 0. The predicted molar refractivity (Wildman–Crippen MR) is 89.1 cm³/mol. The molecule has 2 aliphatic heterocycles. The van der Waals surface area contributed by atoms with Crippen LogP contribution < -0.4 is 0 Å². The predicted octanol–water partition coefficient (Wildman–Crippen LogP) is 1.89. The van der Waals surface area contributed by atoms with Crippen LogP contribution in [-0.2, 0) is 11.3 Å². The van der Waals surface area contributed by atoms with Crippen LogP contribution in [0.4, 0.5) is 0 Å². The molecular formula is C16H26N4OS. The van der Waals surface area contributed by atoms with Gasteiger partial charge in [0.15, 0.2) is 5.16 Å². The molecule has 2 saturated heterocycles. The normalized spacial score (nSPS) is 24.5. The second-order valence-corrected chi connectivity index (χ2v) is 6.94. The Hall–Kier alpha value is -0.690. The van der Waals surface area contributed by atoms with Gasteiger partial charge in [-0.05, 0) is 38.6 Å². The number of thioether (sulfide) groups is 1. The second-order valence-electron chi connectivity index (χ2n) is 6.17. The lowest BCUT2D eigenvalue weighted by molar-refractivity contribution is 0.0307. The smallest absolute Gasteiger partial charge is 0.187 e. The van der Waals surface area contributed by atoms with Crippen LogP contribution in [0.1, 0.15) is 24.8 Å². The van der Waals surface area contributed by atoms with E-state index in [1.54, 1.807) is 11.8 Å². The molecule has 1 aromatic rings. The van der Waals surface area contributed by atoms with Crippen molar-refractivity contribution in [2.24, 2.45) is 0 Å². The van der Waals surface area contributed by atoms with Crippen LogP contribution >= 0.6 is 11.8 Å². The minimum absolute atomic E-state index is 0.340. The third kappa shape index (κ3) is 4.65. The average molecular weight is 322 g/mol. The quantitative estimate of drug-likeness (QED) is 0.609. The number of likely N-dealkylation sites (tertiary alicyclic amines) is 1. The van der Waals surface area contributed by atoms with E-state index < -0.39 is 0 Å². The van der Waals surface area contributed by atoms with E-state index in [2.05, 4.69) is 19.8 Å². The molecule has 3 heterocycles. The highest BCUT2D eigenvalue weighted by Gasteiger charge is 2.23. The number of nitrogens with zero attached hydrogens (tertiary/aromatic N) is 4. The number of rotatable bonds is 5. The fourth-order valence-corrected chi connectivity index (χ4v) is 3.58. The topological polar surface area (TPSA) is 41.5 Å². The third-order valence-electron chi connectivity index (χ3n) is 4.36. The summed E-state index contributed by atoms with van der Waals surface area (Å²) in [7, 11) is 0. The summed E-state index contributed by atoms with van der Waals surface area (Å²) in [5, 5.41) is 0.842. The standard InChI is InChI=1S/C16H26N4OS/c1-22-16-17-9-14(10-18-16)11-20-7-4-8-21-15(13-20)12-19-5-2-3-6-19/h9-10,15H,2-8,11-13H2,1H3. The van der Waals surface area contributed by atoms with Crippen molar-refractivity contribution in [1.82, 2.24) is 19.8 Å². The van der Waals surface area contributed by atoms with E-state index in [4.69, 9.17) is 4.74 Å². The molecule has 0 radical (unpaired) electrons. The summed E-state index contributed by atoms with van der Waals surface area (Å²) < 4.78 is 6.05. The maximum Gasteiger partial charge on any atom is 0.187 e. The highest BCUT2D eigenvalue weighted by Crippen LogP contribution is 2.15. The molecule has 6 heteroatoms. The molecule has 0 aromatic carbocycles. The summed E-state index contributed by atoms with van der Waals surface area (Å²) in [5.41, 5.74) is 1.19. The molecule has 0 amide bonds. The molecule has 0 aliphatic carbocycles. The second kappa shape index (κ2) is 8.24. The zero-order valence-electron chi connectivity index (χ0n) is 13.4. The van der Waals surface area contributed by atoms with E-state index in [9.17, 15) is 0 Å². The molecule has 0 spiro atoms. The van der Waals surface area contributed by atoms with Gasteiger partial charge in [-0.2, -0.15) is 0 Å². The highest BCUT2D eigenvalue weighted by atomic mass is 32.2. The van der Waals surface area contributed by atoms with Crippen LogP contribution in [0.15, 0.2) is 17.6 Å². The zero-order chi connectivity index (χ0) is 15.2. The van der Waals surface area contributed by atoms with Crippen LogP contribution in [0.5, 0.6) is 0 Å². The Bertz CT molecular complexity index is 450. The summed E-state index contributed by atoms with van der Waals surface area (Å²) in [6.45, 7) is 7.49. The molecule has 0 saturated carbocycles. The Kier molecular flexibility index (Phi) is 6.06. The summed E-state index contributed by atoms with van der Waals surface area (Å²) in [6.07, 6.45) is 10.1. The molecule has 0 N–H and O–H groups in total. The molecule has 1 aromatic heterocycles. The van der Waals surface area contributed by atoms with Gasteiger partial charge >= 0.3 is 0 Å². The Labute approximate surface area is 137 Å². The molecule has 2 fully saturated rings. The minimum Gasteiger partial charge on any atom is -0.376 e. The lowest BCUT2D eigenvalue weighted by atomic mass is 10.2. The van der Waals surface area contributed by atoms with Crippen molar-refractivity contribution >= 4 is 11.8 Å². The van der Waals surface area contributed by atoms with Crippen LogP contribution in [0, 0.1) is 0 Å². The minimum atomic E-state index is 0.340. The first-order valence-corrected chi connectivity index (χ1v) is 9.47. The van der Waals surface area contributed by atoms with Crippen LogP contribution in [0.3, 0.4) is 0 Å². The third-order valence-corrected chi connectivity index (χ3v) is 4.94. The lowest BCUT2D eigenvalue weighted by Gasteiger charge is -2.26. The van der Waals surface area contributed by atoms with E-state index in [1.807, 2.05) is 18.6 Å². The van der Waals surface area contributed by atoms with Crippen LogP contribution in [0.2, 0.25) is 0 Å². The first kappa shape index (κ1) is 16.2. The van der Waals surface area contributed by atoms with Gasteiger partial charge in [0.25, 0.3) is 0 Å². The van der Waals surface area contributed by atoms with Crippen molar-refractivity contribution in [2.45, 2.75) is 37.1 Å². The maximum atomic E-state index is 6.05. The fourth-order valence-electron chi connectivity index (χ4n) is 3.27. The molecule has 22 heavy (non-hydrogen) atoms. The summed E-state index contributed by atoms with van der Waals surface area (Å²) in [5.74, 6) is 0. The van der Waals surface area contributed by atoms with Crippen molar-refractivity contribution in [2.75, 3.05) is 45.6 Å². The van der Waals surface area contributed by atoms with Gasteiger partial charge in [0.1, 0.15) is 0 Å². The summed E-state index contributed by atoms with van der Waals surface area (Å²) in [6, 6.07) is 0. The van der Waals surface area contributed by atoms with Crippen LogP contribution in [0.25, 0.3) is 0 Å². The van der Waals surface area contributed by atoms with E-state index in [-0.39, 0.29) is 0 Å². The first-order chi connectivity index (χ1) is 10.8. The monoisotopic (exact) mass is 322 g/mol. The van der Waals surface area contributed by atoms with Crippen molar-refractivity contribution in [3.63, 3.8) is 0 Å². The van der Waals surface area contributed by atoms with Crippen molar-refractivity contribution in [3.05, 3.63) is 18.0 Å². The average Bonchev–Trinajstić information content (AvgIpc) is 2.95. The largest absolute Gasteiger partial charge is 0.376 e. The molecule has 0 bridgehead atoms. The first-order valence-electron chi connectivity index (χ1n) is 8.25. The Balaban J connectivity index is 1.54. The maximum absolute atomic E-state index is 6.05. The van der Waals surface area contributed by atoms with E-state index in [0.29, 0.717) is 6.10 Å². The molecule has 122 valence electrons. The van der Waals surface area contributed by atoms with E-state index in [1.165, 1.54) is 31.5 Å². The number of ether oxygens (including phenoxy) is 1. The van der Waals surface area contributed by atoms with Crippen LogP contribution in [-0.4, -0.2) is 71.5 Å². The Morgan fingerprint density at radius 3 is 2.59 bits per heavy atom. The summed E-state index contributed by atoms with van der Waals surface area (Å²) >= 11 is 1.58. The molecule has 1 atom stereocenters. The summed E-state index contributed by atoms with van der Waals surface area (Å²) in [4.78, 5) is 13.8. The highest BCUT2D eigenvalue weighted by molar-refractivity contribution is 7.98. The van der Waals surface area contributed by atoms with Gasteiger partial charge in [0.2, 0.25) is 0 Å². The molecule has 2 aliphatic rings. The van der Waals surface area contributed by atoms with Gasteiger partial charge in [-0.3, -0.25) is 4.90 Å². The van der Waals surface area contributed by atoms with E-state index >= 15 is 0 Å². The SMILES string of the molecule is CSc1ncc(CN2CCCOC(CN3CCCC3)C2)cn1. The van der Waals surface area contributed by atoms with Gasteiger partial charge in [-0.1, -0.05) is 11.8 Å². The lowest BCUT2D eigenvalue weighted by Crippen LogP contribution is -2.39. The Morgan fingerprint density at radius 1 is 1.14 bits per heavy atom. The van der Waals surface area contributed by atoms with E-state index in [0.717, 1.165) is 44.4 Å². The molecular weight excluding hydrogens is 296 g/mol. The van der Waals surface area contributed by atoms with Crippen molar-refractivity contribution in [1.29, 1.82) is 0 Å². The number of aromatic nitrogens is 2. The zero-order valence-corrected chi connectivity index (χ0v) is 14.2. The Morgan fingerprint density at radius 2 is 1.86 bits per heavy atom. The molecule has 1 unspecified atom stereocenters. The molecule has 3 rings (SSSR count).